The van der Waals surface area contributed by atoms with Crippen molar-refractivity contribution in [1.82, 2.24) is 0 Å². The monoisotopic (exact) mass is 446 g/mol. The molecule has 30 heavy (non-hydrogen) atoms. The molecule has 0 aliphatic carbocycles. The van der Waals surface area contributed by atoms with Gasteiger partial charge in [0, 0.05) is 22.3 Å². The summed E-state index contributed by atoms with van der Waals surface area (Å²) in [7, 11) is -0.925. The third kappa shape index (κ3) is 5.03. The van der Waals surface area contributed by atoms with Gasteiger partial charge in [0.15, 0.2) is 0 Å². The van der Waals surface area contributed by atoms with Gasteiger partial charge < -0.3 is 14.8 Å². The van der Waals surface area contributed by atoms with E-state index in [1.54, 1.807) is 42.5 Å². The van der Waals surface area contributed by atoms with Gasteiger partial charge in [-0.2, -0.15) is 0 Å². The van der Waals surface area contributed by atoms with Crippen LogP contribution in [-0.2, 0) is 10.0 Å². The Bertz CT molecular complexity index is 1150. The van der Waals surface area contributed by atoms with E-state index in [-0.39, 0.29) is 16.5 Å². The van der Waals surface area contributed by atoms with Gasteiger partial charge in [0.2, 0.25) is 0 Å². The van der Waals surface area contributed by atoms with Crippen molar-refractivity contribution in [3.05, 3.63) is 77.3 Å². The molecule has 0 aliphatic rings. The van der Waals surface area contributed by atoms with E-state index in [2.05, 4.69) is 10.0 Å². The van der Waals surface area contributed by atoms with Crippen LogP contribution in [0.4, 0.5) is 11.4 Å². The molecule has 3 rings (SSSR count). The maximum absolute atomic E-state index is 12.7. The molecule has 0 aromatic heterocycles. The number of nitrogens with one attached hydrogen (secondary N) is 2. The Balaban J connectivity index is 1.75. The van der Waals surface area contributed by atoms with E-state index in [1.807, 2.05) is 0 Å². The smallest absolute Gasteiger partial charge is 0.262 e. The Kier molecular flexibility index (Phi) is 6.49. The van der Waals surface area contributed by atoms with Crippen LogP contribution < -0.4 is 19.5 Å². The van der Waals surface area contributed by atoms with Crippen LogP contribution in [0.5, 0.6) is 11.5 Å². The molecule has 7 nitrogen and oxygen atoms in total. The van der Waals surface area contributed by atoms with Crippen molar-refractivity contribution >= 4 is 38.9 Å². The number of carbonyl (C=O) groups is 1. The van der Waals surface area contributed by atoms with Crippen molar-refractivity contribution in [2.24, 2.45) is 0 Å². The van der Waals surface area contributed by atoms with Crippen LogP contribution in [0.2, 0.25) is 5.02 Å². The van der Waals surface area contributed by atoms with Crippen LogP contribution in [0.3, 0.4) is 0 Å². The summed E-state index contributed by atoms with van der Waals surface area (Å²) in [5.41, 5.74) is 1.17. The highest BCUT2D eigenvalue weighted by molar-refractivity contribution is 7.92. The first kappa shape index (κ1) is 21.5. The topological polar surface area (TPSA) is 93.7 Å². The number of ether oxygens (including phenoxy) is 2. The molecular weight excluding hydrogens is 428 g/mol. The number of rotatable bonds is 7. The quantitative estimate of drug-likeness (QED) is 0.560. The number of hydrogen-bond donors (Lipinski definition) is 2. The van der Waals surface area contributed by atoms with Crippen LogP contribution in [-0.4, -0.2) is 28.5 Å². The van der Waals surface area contributed by atoms with E-state index in [0.29, 0.717) is 27.8 Å². The summed E-state index contributed by atoms with van der Waals surface area (Å²) < 4.78 is 38.2. The first-order valence-corrected chi connectivity index (χ1v) is 10.6. The van der Waals surface area contributed by atoms with Crippen molar-refractivity contribution < 1.29 is 22.7 Å². The zero-order valence-electron chi connectivity index (χ0n) is 16.2. The van der Waals surface area contributed by atoms with Crippen LogP contribution in [0.1, 0.15) is 10.4 Å². The van der Waals surface area contributed by atoms with Gasteiger partial charge in [0.05, 0.1) is 24.8 Å². The third-order valence-electron chi connectivity index (χ3n) is 4.18. The second-order valence-corrected chi connectivity index (χ2v) is 8.28. The van der Waals surface area contributed by atoms with E-state index >= 15 is 0 Å². The summed E-state index contributed by atoms with van der Waals surface area (Å²) in [6.07, 6.45) is 0. The molecule has 0 heterocycles. The normalized spacial score (nSPS) is 10.9. The van der Waals surface area contributed by atoms with Crippen molar-refractivity contribution in [1.29, 1.82) is 0 Å². The highest BCUT2D eigenvalue weighted by Crippen LogP contribution is 2.31. The van der Waals surface area contributed by atoms with Crippen molar-refractivity contribution in [2.45, 2.75) is 4.90 Å². The predicted octanol–water partition coefficient (Wildman–Crippen LogP) is 4.41. The van der Waals surface area contributed by atoms with E-state index in [0.717, 1.165) is 0 Å². The second kappa shape index (κ2) is 9.06. The molecule has 0 saturated heterocycles. The summed E-state index contributed by atoms with van der Waals surface area (Å²) in [4.78, 5) is 12.3. The number of sulfonamides is 1. The molecule has 0 aliphatic heterocycles. The lowest BCUT2D eigenvalue weighted by molar-refractivity contribution is 0.102. The lowest BCUT2D eigenvalue weighted by Crippen LogP contribution is -2.14. The van der Waals surface area contributed by atoms with Crippen molar-refractivity contribution in [3.63, 3.8) is 0 Å². The molecule has 3 aromatic carbocycles. The first-order chi connectivity index (χ1) is 14.3. The standard InChI is InChI=1S/C21H19ClN2O5S/c1-28-17-9-12-19(20(13-17)29-2)24-30(26,27)18-10-7-16(8-11-18)23-21(25)14-3-5-15(22)6-4-14/h3-13,24H,1-2H3,(H,23,25). The fourth-order valence-electron chi connectivity index (χ4n) is 2.61. The molecule has 0 saturated carbocycles. The summed E-state index contributed by atoms with van der Waals surface area (Å²) in [6.45, 7) is 0. The first-order valence-electron chi connectivity index (χ1n) is 8.74. The molecule has 1 amide bonds. The minimum atomic E-state index is -3.87. The number of amides is 1. The van der Waals surface area contributed by atoms with Gasteiger partial charge in [-0.15, -0.1) is 0 Å². The summed E-state index contributed by atoms with van der Waals surface area (Å²) in [5.74, 6) is 0.531. The lowest BCUT2D eigenvalue weighted by atomic mass is 10.2. The molecule has 0 radical (unpaired) electrons. The average molecular weight is 447 g/mol. The molecular formula is C21H19ClN2O5S. The number of benzene rings is 3. The Morgan fingerprint density at radius 1 is 0.900 bits per heavy atom. The number of carbonyl (C=O) groups excluding carboxylic acids is 1. The van der Waals surface area contributed by atoms with Crippen molar-refractivity contribution in [3.8, 4) is 11.5 Å². The van der Waals surface area contributed by atoms with Gasteiger partial charge >= 0.3 is 0 Å². The Morgan fingerprint density at radius 2 is 1.57 bits per heavy atom. The summed E-state index contributed by atoms with van der Waals surface area (Å²) in [5, 5.41) is 3.24. The highest BCUT2D eigenvalue weighted by Gasteiger charge is 2.17. The average Bonchev–Trinajstić information content (AvgIpc) is 2.74. The Morgan fingerprint density at radius 3 is 2.17 bits per heavy atom. The van der Waals surface area contributed by atoms with Gasteiger partial charge in [-0.1, -0.05) is 11.6 Å². The molecule has 156 valence electrons. The number of anilines is 2. The van der Waals surface area contributed by atoms with E-state index in [9.17, 15) is 13.2 Å². The van der Waals surface area contributed by atoms with Crippen LogP contribution in [0.15, 0.2) is 71.6 Å². The van der Waals surface area contributed by atoms with Gasteiger partial charge in [0.25, 0.3) is 15.9 Å². The minimum Gasteiger partial charge on any atom is -0.497 e. The van der Waals surface area contributed by atoms with Crippen molar-refractivity contribution in [2.75, 3.05) is 24.3 Å². The van der Waals surface area contributed by atoms with Gasteiger partial charge in [-0.3, -0.25) is 9.52 Å². The molecule has 0 spiro atoms. The Labute approximate surface area is 179 Å². The fraction of sp³-hybridized carbons (Fsp3) is 0.0952. The van der Waals surface area contributed by atoms with E-state index in [1.165, 1.54) is 38.5 Å². The summed E-state index contributed by atoms with van der Waals surface area (Å²) in [6, 6.07) is 17.0. The molecule has 3 aromatic rings. The van der Waals surface area contributed by atoms with Crippen LogP contribution in [0, 0.1) is 0 Å². The van der Waals surface area contributed by atoms with Gasteiger partial charge in [-0.25, -0.2) is 8.42 Å². The molecule has 2 N–H and O–H groups in total. The maximum atomic E-state index is 12.7. The van der Waals surface area contributed by atoms with E-state index in [4.69, 9.17) is 21.1 Å². The fourth-order valence-corrected chi connectivity index (χ4v) is 3.80. The van der Waals surface area contributed by atoms with Gasteiger partial charge in [-0.05, 0) is 60.7 Å². The number of halogens is 1. The SMILES string of the molecule is COc1ccc(NS(=O)(=O)c2ccc(NC(=O)c3ccc(Cl)cc3)cc2)c(OC)c1. The largest absolute Gasteiger partial charge is 0.497 e. The van der Waals surface area contributed by atoms with Crippen LogP contribution in [0.25, 0.3) is 0 Å². The summed E-state index contributed by atoms with van der Waals surface area (Å²) >= 11 is 5.82. The molecule has 9 heteroatoms. The zero-order valence-corrected chi connectivity index (χ0v) is 17.8. The zero-order chi connectivity index (χ0) is 21.7. The molecule has 0 unspecified atom stereocenters. The van der Waals surface area contributed by atoms with Crippen LogP contribution >= 0.6 is 11.6 Å². The molecule has 0 bridgehead atoms. The third-order valence-corrected chi connectivity index (χ3v) is 5.82. The maximum Gasteiger partial charge on any atom is 0.262 e. The number of methoxy groups -OCH3 is 2. The lowest BCUT2D eigenvalue weighted by Gasteiger charge is -2.13. The number of hydrogen-bond acceptors (Lipinski definition) is 5. The Hall–Kier alpha value is -3.23. The minimum absolute atomic E-state index is 0.0323. The molecule has 0 atom stereocenters. The molecule has 0 fully saturated rings. The van der Waals surface area contributed by atoms with Gasteiger partial charge in [0.1, 0.15) is 11.5 Å². The predicted molar refractivity (Wildman–Crippen MR) is 116 cm³/mol. The second-order valence-electron chi connectivity index (χ2n) is 6.16. The van der Waals surface area contributed by atoms with E-state index < -0.39 is 10.0 Å². The highest BCUT2D eigenvalue weighted by atomic mass is 35.5.